The summed E-state index contributed by atoms with van der Waals surface area (Å²) in [7, 11) is 0. The highest BCUT2D eigenvalue weighted by Crippen LogP contribution is 2.25. The molecule has 0 fully saturated rings. The quantitative estimate of drug-likeness (QED) is 0.682. The summed E-state index contributed by atoms with van der Waals surface area (Å²) in [6, 6.07) is 25.6. The number of carboxylic acid groups (broad SMARTS) is 1. The molecule has 4 heteroatoms. The third-order valence-electron chi connectivity index (χ3n) is 3.86. The molecule has 0 spiro atoms. The lowest BCUT2D eigenvalue weighted by atomic mass is 9.99. The summed E-state index contributed by atoms with van der Waals surface area (Å²) < 4.78 is 0. The van der Waals surface area contributed by atoms with Crippen LogP contribution in [0, 0.1) is 0 Å². The van der Waals surface area contributed by atoms with Crippen LogP contribution < -0.4 is 5.32 Å². The van der Waals surface area contributed by atoms with Crippen LogP contribution in [-0.2, 0) is 4.79 Å². The molecular weight excluding hydrogens is 326 g/mol. The molecule has 0 heterocycles. The normalized spacial score (nSPS) is 11.0. The first-order valence-electron chi connectivity index (χ1n) is 8.11. The summed E-state index contributed by atoms with van der Waals surface area (Å²) in [6.07, 6.45) is 1.48. The Morgan fingerprint density at radius 1 is 0.769 bits per heavy atom. The van der Waals surface area contributed by atoms with Crippen molar-refractivity contribution in [2.24, 2.45) is 0 Å². The Labute approximate surface area is 151 Å². The van der Waals surface area contributed by atoms with Crippen molar-refractivity contribution in [2.45, 2.75) is 0 Å². The molecule has 0 unspecified atom stereocenters. The van der Waals surface area contributed by atoms with Gasteiger partial charge in [-0.05, 0) is 34.9 Å². The lowest BCUT2D eigenvalue weighted by Gasteiger charge is -2.09. The van der Waals surface area contributed by atoms with Crippen LogP contribution in [0.2, 0.25) is 0 Å². The van der Waals surface area contributed by atoms with E-state index in [1.54, 1.807) is 30.3 Å². The Kier molecular flexibility index (Phi) is 5.25. The first-order chi connectivity index (χ1) is 12.6. The second-order valence-corrected chi connectivity index (χ2v) is 5.64. The van der Waals surface area contributed by atoms with E-state index in [4.69, 9.17) is 0 Å². The third kappa shape index (κ3) is 4.05. The number of nitrogens with one attached hydrogen (secondary N) is 1. The van der Waals surface area contributed by atoms with E-state index < -0.39 is 11.9 Å². The van der Waals surface area contributed by atoms with Crippen molar-refractivity contribution in [1.29, 1.82) is 0 Å². The maximum atomic E-state index is 12.3. The maximum absolute atomic E-state index is 12.3. The van der Waals surface area contributed by atoms with E-state index >= 15 is 0 Å². The van der Waals surface area contributed by atoms with Crippen LogP contribution in [0.5, 0.6) is 0 Å². The first kappa shape index (κ1) is 17.2. The lowest BCUT2D eigenvalue weighted by molar-refractivity contribution is -0.132. The Bertz CT molecular complexity index is 947. The van der Waals surface area contributed by atoms with Gasteiger partial charge in [-0.3, -0.25) is 4.79 Å². The molecule has 3 aromatic carbocycles. The van der Waals surface area contributed by atoms with Crippen molar-refractivity contribution in [3.8, 4) is 11.1 Å². The van der Waals surface area contributed by atoms with Gasteiger partial charge in [-0.2, -0.15) is 0 Å². The van der Waals surface area contributed by atoms with Crippen LogP contribution in [-0.4, -0.2) is 17.0 Å². The minimum Gasteiger partial charge on any atom is -0.477 e. The maximum Gasteiger partial charge on any atom is 0.352 e. The second-order valence-electron chi connectivity index (χ2n) is 5.64. The molecule has 3 rings (SSSR count). The molecule has 3 aromatic rings. The van der Waals surface area contributed by atoms with E-state index in [0.29, 0.717) is 11.1 Å². The fraction of sp³-hybridized carbons (Fsp3) is 0. The van der Waals surface area contributed by atoms with Gasteiger partial charge >= 0.3 is 5.97 Å². The zero-order chi connectivity index (χ0) is 18.4. The van der Waals surface area contributed by atoms with Gasteiger partial charge in [0, 0.05) is 5.56 Å². The number of aliphatic carboxylic acids is 1. The zero-order valence-electron chi connectivity index (χ0n) is 13.9. The fourth-order valence-electron chi connectivity index (χ4n) is 2.59. The SMILES string of the molecule is O=C(O)/C(=C\c1ccccc1-c1ccccc1)NC(=O)c1ccccc1. The van der Waals surface area contributed by atoms with E-state index in [0.717, 1.165) is 11.1 Å². The van der Waals surface area contributed by atoms with Crippen LogP contribution >= 0.6 is 0 Å². The molecule has 4 nitrogen and oxygen atoms in total. The van der Waals surface area contributed by atoms with Gasteiger partial charge in [-0.25, -0.2) is 4.79 Å². The van der Waals surface area contributed by atoms with E-state index in [1.807, 2.05) is 54.6 Å². The number of rotatable bonds is 5. The van der Waals surface area contributed by atoms with Crippen LogP contribution in [0.25, 0.3) is 17.2 Å². The van der Waals surface area contributed by atoms with Crippen molar-refractivity contribution in [1.82, 2.24) is 5.32 Å². The van der Waals surface area contributed by atoms with Gasteiger partial charge < -0.3 is 10.4 Å². The predicted octanol–water partition coefficient (Wildman–Crippen LogP) is 4.21. The fourth-order valence-corrected chi connectivity index (χ4v) is 2.59. The number of carbonyl (C=O) groups is 2. The molecule has 2 N–H and O–H groups in total. The van der Waals surface area contributed by atoms with Gasteiger partial charge in [-0.1, -0.05) is 72.8 Å². The highest BCUT2D eigenvalue weighted by Gasteiger charge is 2.14. The van der Waals surface area contributed by atoms with Crippen molar-refractivity contribution >= 4 is 18.0 Å². The summed E-state index contributed by atoms with van der Waals surface area (Å²) in [5, 5.41) is 12.0. The highest BCUT2D eigenvalue weighted by molar-refractivity contribution is 6.03. The Hall–Kier alpha value is -3.66. The molecule has 128 valence electrons. The largest absolute Gasteiger partial charge is 0.477 e. The molecule has 0 radical (unpaired) electrons. The Balaban J connectivity index is 1.96. The highest BCUT2D eigenvalue weighted by atomic mass is 16.4. The molecule has 0 saturated heterocycles. The van der Waals surface area contributed by atoms with Crippen molar-refractivity contribution < 1.29 is 14.7 Å². The van der Waals surface area contributed by atoms with Gasteiger partial charge in [0.15, 0.2) is 0 Å². The molecule has 0 aromatic heterocycles. The number of hydrogen-bond acceptors (Lipinski definition) is 2. The van der Waals surface area contributed by atoms with E-state index in [1.165, 1.54) is 6.08 Å². The number of amides is 1. The molecule has 26 heavy (non-hydrogen) atoms. The summed E-state index contributed by atoms with van der Waals surface area (Å²) in [5.74, 6) is -1.66. The van der Waals surface area contributed by atoms with Crippen LogP contribution in [0.15, 0.2) is 90.6 Å². The minimum atomic E-state index is -1.20. The third-order valence-corrected chi connectivity index (χ3v) is 3.86. The average Bonchev–Trinajstić information content (AvgIpc) is 2.69. The molecule has 0 saturated carbocycles. The van der Waals surface area contributed by atoms with E-state index in [9.17, 15) is 14.7 Å². The zero-order valence-corrected chi connectivity index (χ0v) is 13.9. The Morgan fingerprint density at radius 2 is 1.35 bits per heavy atom. The molecule has 0 aliphatic carbocycles. The predicted molar refractivity (Wildman–Crippen MR) is 101 cm³/mol. The molecule has 0 aliphatic rings. The van der Waals surface area contributed by atoms with E-state index in [2.05, 4.69) is 5.32 Å². The topological polar surface area (TPSA) is 66.4 Å². The number of carbonyl (C=O) groups excluding carboxylic acids is 1. The first-order valence-corrected chi connectivity index (χ1v) is 8.11. The Morgan fingerprint density at radius 3 is 2.00 bits per heavy atom. The smallest absolute Gasteiger partial charge is 0.352 e. The standard InChI is InChI=1S/C22H17NO3/c24-21(17-11-5-2-6-12-17)23-20(22(25)26)15-18-13-7-8-14-19(18)16-9-3-1-4-10-16/h1-15H,(H,23,24)(H,25,26)/b20-15+. The van der Waals surface area contributed by atoms with Crippen LogP contribution in [0.1, 0.15) is 15.9 Å². The van der Waals surface area contributed by atoms with Gasteiger partial charge in [0.1, 0.15) is 5.70 Å². The van der Waals surface area contributed by atoms with Gasteiger partial charge in [0.05, 0.1) is 0 Å². The van der Waals surface area contributed by atoms with Crippen molar-refractivity contribution in [3.63, 3.8) is 0 Å². The number of carboxylic acids is 1. The molecule has 0 aliphatic heterocycles. The molecule has 0 bridgehead atoms. The summed E-state index contributed by atoms with van der Waals surface area (Å²) in [6.45, 7) is 0. The monoisotopic (exact) mass is 343 g/mol. The number of benzene rings is 3. The molecule has 1 amide bonds. The molecular formula is C22H17NO3. The van der Waals surface area contributed by atoms with Crippen LogP contribution in [0.3, 0.4) is 0 Å². The summed E-state index contributed by atoms with van der Waals surface area (Å²) in [4.78, 5) is 23.9. The van der Waals surface area contributed by atoms with Crippen molar-refractivity contribution in [2.75, 3.05) is 0 Å². The van der Waals surface area contributed by atoms with Gasteiger partial charge in [0.25, 0.3) is 5.91 Å². The van der Waals surface area contributed by atoms with Crippen LogP contribution in [0.4, 0.5) is 0 Å². The lowest BCUT2D eigenvalue weighted by Crippen LogP contribution is -2.27. The average molecular weight is 343 g/mol. The minimum absolute atomic E-state index is 0.178. The summed E-state index contributed by atoms with van der Waals surface area (Å²) in [5.41, 5.74) is 2.79. The van der Waals surface area contributed by atoms with Gasteiger partial charge in [0.2, 0.25) is 0 Å². The van der Waals surface area contributed by atoms with Gasteiger partial charge in [-0.15, -0.1) is 0 Å². The number of hydrogen-bond donors (Lipinski definition) is 2. The summed E-state index contributed by atoms with van der Waals surface area (Å²) >= 11 is 0. The van der Waals surface area contributed by atoms with Crippen molar-refractivity contribution in [3.05, 3.63) is 102 Å². The molecule has 0 atom stereocenters. The van der Waals surface area contributed by atoms with E-state index in [-0.39, 0.29) is 5.70 Å². The second kappa shape index (κ2) is 7.94.